The van der Waals surface area contributed by atoms with E-state index in [-0.39, 0.29) is 11.8 Å². The van der Waals surface area contributed by atoms with Gasteiger partial charge in [-0.25, -0.2) is 4.98 Å². The van der Waals surface area contributed by atoms with Gasteiger partial charge >= 0.3 is 6.18 Å². The Morgan fingerprint density at radius 2 is 1.49 bits per heavy atom. The third-order valence-electron chi connectivity index (χ3n) is 5.69. The van der Waals surface area contributed by atoms with Gasteiger partial charge in [-0.15, -0.1) is 0 Å². The van der Waals surface area contributed by atoms with Crippen molar-refractivity contribution in [2.24, 2.45) is 0 Å². The third kappa shape index (κ3) is 6.82. The molecule has 0 fully saturated rings. The van der Waals surface area contributed by atoms with E-state index in [1.54, 1.807) is 42.5 Å². The number of alkyl halides is 3. The molecule has 2 N–H and O–H groups in total. The van der Waals surface area contributed by atoms with Gasteiger partial charge in [0.25, 0.3) is 5.91 Å². The lowest BCUT2D eigenvalue weighted by Gasteiger charge is -2.12. The Morgan fingerprint density at radius 3 is 2.16 bits per heavy atom. The van der Waals surface area contributed by atoms with Crippen LogP contribution in [0.4, 0.5) is 24.7 Å². The van der Waals surface area contributed by atoms with Crippen LogP contribution in [0, 0.1) is 0 Å². The molecule has 0 radical (unpaired) electrons. The number of pyridine rings is 1. The fourth-order valence-corrected chi connectivity index (χ4v) is 3.87. The van der Waals surface area contributed by atoms with Crippen molar-refractivity contribution in [2.45, 2.75) is 25.9 Å². The zero-order chi connectivity index (χ0) is 26.4. The van der Waals surface area contributed by atoms with Crippen molar-refractivity contribution in [2.75, 3.05) is 10.6 Å². The summed E-state index contributed by atoms with van der Waals surface area (Å²) >= 11 is 0. The van der Waals surface area contributed by atoms with Crippen LogP contribution in [-0.4, -0.2) is 16.8 Å². The molecule has 0 aliphatic carbocycles. The highest BCUT2D eigenvalue weighted by Crippen LogP contribution is 2.32. The second kappa shape index (κ2) is 11.1. The van der Waals surface area contributed by atoms with Crippen LogP contribution in [0.1, 0.15) is 34.1 Å². The minimum atomic E-state index is -4.42. The Morgan fingerprint density at radius 1 is 0.784 bits per heavy atom. The van der Waals surface area contributed by atoms with Gasteiger partial charge in [0.05, 0.1) is 5.56 Å². The fourth-order valence-electron chi connectivity index (χ4n) is 3.87. The normalized spacial score (nSPS) is 11.1. The highest BCUT2D eigenvalue weighted by atomic mass is 19.4. The lowest BCUT2D eigenvalue weighted by Crippen LogP contribution is -2.13. The summed E-state index contributed by atoms with van der Waals surface area (Å²) in [4.78, 5) is 28.7. The van der Waals surface area contributed by atoms with E-state index in [0.717, 1.165) is 29.8 Å². The van der Waals surface area contributed by atoms with Crippen molar-refractivity contribution in [1.82, 2.24) is 4.98 Å². The second-order valence-corrected chi connectivity index (χ2v) is 8.47. The number of anilines is 2. The molecule has 188 valence electrons. The molecule has 0 saturated carbocycles. The Bertz CT molecular complexity index is 1400. The lowest BCUT2D eigenvalue weighted by atomic mass is 9.98. The van der Waals surface area contributed by atoms with Gasteiger partial charge < -0.3 is 10.6 Å². The van der Waals surface area contributed by atoms with Crippen LogP contribution >= 0.6 is 0 Å². The number of carbonyl (C=O) groups is 2. The van der Waals surface area contributed by atoms with E-state index < -0.39 is 11.7 Å². The Kier molecular flexibility index (Phi) is 7.67. The van der Waals surface area contributed by atoms with Crippen LogP contribution < -0.4 is 10.6 Å². The fraction of sp³-hybridized carbons (Fsp3) is 0.138. The molecule has 0 aliphatic heterocycles. The standard InChI is InChI=1S/C29H24F3N3O2/c1-19(36)33-27-8-4-5-23(34-27)16-9-20-10-17-24(18-11-20)35-28(37)26-7-3-2-6-25(26)21-12-14-22(15-13-21)29(30,31)32/h2-8,10-15,17-18H,9,16H2,1H3,(H,35,37)(H,33,34,36). The summed E-state index contributed by atoms with van der Waals surface area (Å²) in [6.07, 6.45) is -3.02. The van der Waals surface area contributed by atoms with E-state index in [1.165, 1.54) is 19.1 Å². The van der Waals surface area contributed by atoms with Gasteiger partial charge in [-0.1, -0.05) is 48.5 Å². The molecule has 0 unspecified atom stereocenters. The molecule has 8 heteroatoms. The smallest absolute Gasteiger partial charge is 0.322 e. The van der Waals surface area contributed by atoms with Crippen LogP contribution in [0.2, 0.25) is 0 Å². The molecule has 4 aromatic rings. The number of aryl methyl sites for hydroxylation is 2. The number of hydrogen-bond donors (Lipinski definition) is 2. The number of rotatable bonds is 7. The number of aromatic nitrogens is 1. The molecule has 0 spiro atoms. The molecule has 1 aromatic heterocycles. The predicted octanol–water partition coefficient (Wildman–Crippen LogP) is 6.76. The van der Waals surface area contributed by atoms with Crippen molar-refractivity contribution in [3.05, 3.63) is 113 Å². The number of amides is 2. The summed E-state index contributed by atoms with van der Waals surface area (Å²) < 4.78 is 38.7. The Labute approximate surface area is 212 Å². The molecule has 4 rings (SSSR count). The minimum Gasteiger partial charge on any atom is -0.322 e. The van der Waals surface area contributed by atoms with Gasteiger partial charge in [0.2, 0.25) is 5.91 Å². The average Bonchev–Trinajstić information content (AvgIpc) is 2.88. The van der Waals surface area contributed by atoms with Crippen molar-refractivity contribution in [1.29, 1.82) is 0 Å². The number of carbonyl (C=O) groups excluding carboxylic acids is 2. The largest absolute Gasteiger partial charge is 0.416 e. The number of nitrogens with one attached hydrogen (secondary N) is 2. The van der Waals surface area contributed by atoms with Crippen LogP contribution in [0.3, 0.4) is 0 Å². The summed E-state index contributed by atoms with van der Waals surface area (Å²) in [5.41, 5.74) is 3.18. The van der Waals surface area contributed by atoms with E-state index >= 15 is 0 Å². The summed E-state index contributed by atoms with van der Waals surface area (Å²) in [5, 5.41) is 5.53. The molecule has 3 aromatic carbocycles. The van der Waals surface area contributed by atoms with E-state index in [1.807, 2.05) is 24.3 Å². The zero-order valence-corrected chi connectivity index (χ0v) is 20.0. The van der Waals surface area contributed by atoms with Crippen molar-refractivity contribution >= 4 is 23.3 Å². The van der Waals surface area contributed by atoms with E-state index in [4.69, 9.17) is 0 Å². The average molecular weight is 504 g/mol. The summed E-state index contributed by atoms with van der Waals surface area (Å²) in [6, 6.07) is 24.4. The van der Waals surface area contributed by atoms with Crippen molar-refractivity contribution < 1.29 is 22.8 Å². The lowest BCUT2D eigenvalue weighted by molar-refractivity contribution is -0.137. The van der Waals surface area contributed by atoms with E-state index in [9.17, 15) is 22.8 Å². The molecule has 0 saturated heterocycles. The number of nitrogens with zero attached hydrogens (tertiary/aromatic N) is 1. The first kappa shape index (κ1) is 25.6. The molecule has 2 amide bonds. The minimum absolute atomic E-state index is 0.177. The van der Waals surface area contributed by atoms with Crippen LogP contribution in [0.25, 0.3) is 11.1 Å². The third-order valence-corrected chi connectivity index (χ3v) is 5.69. The quantitative estimate of drug-likeness (QED) is 0.293. The monoisotopic (exact) mass is 503 g/mol. The highest BCUT2D eigenvalue weighted by Gasteiger charge is 2.30. The van der Waals surface area contributed by atoms with Gasteiger partial charge in [-0.2, -0.15) is 13.2 Å². The molecule has 37 heavy (non-hydrogen) atoms. The first-order valence-electron chi connectivity index (χ1n) is 11.6. The maximum Gasteiger partial charge on any atom is 0.416 e. The molecule has 0 atom stereocenters. The molecule has 0 bridgehead atoms. The number of halogens is 3. The van der Waals surface area contributed by atoms with Crippen LogP contribution in [0.5, 0.6) is 0 Å². The van der Waals surface area contributed by atoms with E-state index in [0.29, 0.717) is 34.6 Å². The topological polar surface area (TPSA) is 71.1 Å². The van der Waals surface area contributed by atoms with Gasteiger partial charge in [-0.3, -0.25) is 9.59 Å². The molecular weight excluding hydrogens is 479 g/mol. The van der Waals surface area contributed by atoms with Crippen LogP contribution in [0.15, 0.2) is 91.0 Å². The first-order chi connectivity index (χ1) is 17.7. The maximum atomic E-state index is 13.0. The van der Waals surface area contributed by atoms with Gasteiger partial charge in [-0.05, 0) is 72.0 Å². The van der Waals surface area contributed by atoms with Crippen LogP contribution in [-0.2, 0) is 23.8 Å². The predicted molar refractivity (Wildman–Crippen MR) is 137 cm³/mol. The van der Waals surface area contributed by atoms with Gasteiger partial charge in [0.1, 0.15) is 5.82 Å². The summed E-state index contributed by atoms with van der Waals surface area (Å²) in [6.45, 7) is 1.43. The molecule has 0 aliphatic rings. The number of hydrogen-bond acceptors (Lipinski definition) is 3. The van der Waals surface area contributed by atoms with E-state index in [2.05, 4.69) is 15.6 Å². The van der Waals surface area contributed by atoms with Gasteiger partial charge in [0, 0.05) is 23.9 Å². The second-order valence-electron chi connectivity index (χ2n) is 8.47. The van der Waals surface area contributed by atoms with Crippen molar-refractivity contribution in [3.63, 3.8) is 0 Å². The maximum absolute atomic E-state index is 13.0. The highest BCUT2D eigenvalue weighted by molar-refractivity contribution is 6.08. The number of benzene rings is 3. The molecular formula is C29H24F3N3O2. The summed E-state index contributed by atoms with van der Waals surface area (Å²) in [5.74, 6) is -0.0221. The Balaban J connectivity index is 1.41. The molecule has 1 heterocycles. The van der Waals surface area contributed by atoms with Crippen molar-refractivity contribution in [3.8, 4) is 11.1 Å². The SMILES string of the molecule is CC(=O)Nc1cccc(CCc2ccc(NC(=O)c3ccccc3-c3ccc(C(F)(F)F)cc3)cc2)n1. The van der Waals surface area contributed by atoms with Gasteiger partial charge in [0.15, 0.2) is 0 Å². The zero-order valence-electron chi connectivity index (χ0n) is 20.0. The molecule has 5 nitrogen and oxygen atoms in total. The Hall–Kier alpha value is -4.46. The summed E-state index contributed by atoms with van der Waals surface area (Å²) in [7, 11) is 0. The first-order valence-corrected chi connectivity index (χ1v) is 11.6.